The van der Waals surface area contributed by atoms with E-state index in [4.69, 9.17) is 0 Å². The Morgan fingerprint density at radius 2 is 1.02 bits per heavy atom. The summed E-state index contributed by atoms with van der Waals surface area (Å²) in [6, 6.07) is -1.03. The van der Waals surface area contributed by atoms with Crippen LogP contribution in [-0.2, 0) is 14.9 Å². The van der Waals surface area contributed by atoms with E-state index < -0.39 is 28.0 Å². The van der Waals surface area contributed by atoms with Crippen molar-refractivity contribution < 1.29 is 22.9 Å². The minimum absolute atomic E-state index is 0.0843. The molecule has 0 spiro atoms. The van der Waals surface area contributed by atoms with Gasteiger partial charge in [-0.05, 0) is 38.5 Å². The molecule has 6 nitrogen and oxygen atoms in total. The normalized spacial score (nSPS) is 14.2. The number of aliphatic hydroxyl groups excluding tert-OH is 1. The Bertz CT molecular complexity index is 905. The predicted octanol–water partition coefficient (Wildman–Crippen LogP) is 9.34. The first kappa shape index (κ1) is 41.0. The standard InChI is InChI=1S/C36H63NO5S/c1-3-5-7-9-11-13-15-17-18-20-22-24-26-28-30-32-36(39)37-34(33-43(40,41)42)35(38)31-29-27-25-23-21-19-16-14-12-10-8-6-4-2/h5,7,11,13,17-18,22,24,28,30,34-35,38H,3-4,6,8-10,12,14-16,19-21,23,25-27,29,31-33H2,1-2H3,(H,37,39)(H,40,41,42)/b7-5-,13-11-,18-17-,24-22-,30-28-. The molecule has 0 bridgehead atoms. The Morgan fingerprint density at radius 3 is 1.44 bits per heavy atom. The summed E-state index contributed by atoms with van der Waals surface area (Å²) in [5, 5.41) is 13.2. The van der Waals surface area contributed by atoms with E-state index in [1.54, 1.807) is 6.08 Å². The van der Waals surface area contributed by atoms with Gasteiger partial charge in [0.2, 0.25) is 5.91 Å². The monoisotopic (exact) mass is 621 g/mol. The average Bonchev–Trinajstić information content (AvgIpc) is 2.96. The van der Waals surface area contributed by atoms with Crippen molar-refractivity contribution in [3.63, 3.8) is 0 Å². The molecule has 2 unspecified atom stereocenters. The molecule has 1 amide bonds. The van der Waals surface area contributed by atoms with Crippen LogP contribution < -0.4 is 5.32 Å². The highest BCUT2D eigenvalue weighted by molar-refractivity contribution is 7.85. The van der Waals surface area contributed by atoms with Gasteiger partial charge in [0.05, 0.1) is 17.9 Å². The van der Waals surface area contributed by atoms with Crippen LogP contribution in [0.25, 0.3) is 0 Å². The number of amides is 1. The van der Waals surface area contributed by atoms with E-state index in [2.05, 4.69) is 61.7 Å². The van der Waals surface area contributed by atoms with E-state index in [0.717, 1.165) is 44.9 Å². The topological polar surface area (TPSA) is 104 Å². The SMILES string of the molecule is CC/C=C\C/C=C\C/C=C\C/C=C\C/C=C\CC(=O)NC(CS(=O)(=O)O)C(O)CCCCCCCCCCCCCCC. The van der Waals surface area contributed by atoms with Crippen molar-refractivity contribution in [2.75, 3.05) is 5.75 Å². The van der Waals surface area contributed by atoms with Crippen molar-refractivity contribution in [2.45, 2.75) is 154 Å². The molecule has 2 atom stereocenters. The molecule has 43 heavy (non-hydrogen) atoms. The van der Waals surface area contributed by atoms with Crippen molar-refractivity contribution in [1.82, 2.24) is 5.32 Å². The molecule has 248 valence electrons. The second kappa shape index (κ2) is 30.1. The summed E-state index contributed by atoms with van der Waals surface area (Å²) in [5.41, 5.74) is 0. The highest BCUT2D eigenvalue weighted by atomic mass is 32.2. The number of hydrogen-bond acceptors (Lipinski definition) is 4. The zero-order chi connectivity index (χ0) is 31.9. The molecule has 0 saturated carbocycles. The van der Waals surface area contributed by atoms with E-state index in [1.807, 2.05) is 12.2 Å². The van der Waals surface area contributed by atoms with Crippen LogP contribution in [0.15, 0.2) is 60.8 Å². The van der Waals surface area contributed by atoms with Crippen LogP contribution in [0.3, 0.4) is 0 Å². The summed E-state index contributed by atoms with van der Waals surface area (Å²) in [4.78, 5) is 12.4. The number of aliphatic hydroxyl groups is 1. The average molecular weight is 622 g/mol. The van der Waals surface area contributed by atoms with Crippen molar-refractivity contribution in [1.29, 1.82) is 0 Å². The lowest BCUT2D eigenvalue weighted by molar-refractivity contribution is -0.121. The highest BCUT2D eigenvalue weighted by Gasteiger charge is 2.25. The Hall–Kier alpha value is -1.96. The fourth-order valence-corrected chi connectivity index (χ4v) is 5.51. The van der Waals surface area contributed by atoms with Gasteiger partial charge in [-0.25, -0.2) is 0 Å². The zero-order valence-corrected chi connectivity index (χ0v) is 28.1. The molecule has 0 fully saturated rings. The fraction of sp³-hybridized carbons (Fsp3) is 0.694. The second-order valence-electron chi connectivity index (χ2n) is 11.4. The first-order valence-corrected chi connectivity index (χ1v) is 18.6. The minimum atomic E-state index is -4.34. The minimum Gasteiger partial charge on any atom is -0.391 e. The predicted molar refractivity (Wildman–Crippen MR) is 184 cm³/mol. The van der Waals surface area contributed by atoms with Gasteiger partial charge < -0.3 is 10.4 Å². The molecule has 0 aromatic rings. The maximum absolute atomic E-state index is 12.4. The van der Waals surface area contributed by atoms with Gasteiger partial charge in [0.25, 0.3) is 10.1 Å². The summed E-state index contributed by atoms with van der Waals surface area (Å²) in [6.45, 7) is 4.37. The van der Waals surface area contributed by atoms with Gasteiger partial charge in [-0.2, -0.15) is 8.42 Å². The largest absolute Gasteiger partial charge is 0.391 e. The Morgan fingerprint density at radius 1 is 0.628 bits per heavy atom. The molecule has 0 aromatic carbocycles. The number of carbonyl (C=O) groups excluding carboxylic acids is 1. The van der Waals surface area contributed by atoms with Crippen LogP contribution in [0, 0.1) is 0 Å². The molecule has 0 rings (SSSR count). The van der Waals surface area contributed by atoms with Crippen LogP contribution in [0.4, 0.5) is 0 Å². The number of carbonyl (C=O) groups is 1. The lowest BCUT2D eigenvalue weighted by Crippen LogP contribution is -2.47. The molecule has 0 aliphatic heterocycles. The van der Waals surface area contributed by atoms with Crippen LogP contribution in [0.5, 0.6) is 0 Å². The highest BCUT2D eigenvalue weighted by Crippen LogP contribution is 2.14. The first-order valence-electron chi connectivity index (χ1n) is 17.0. The summed E-state index contributed by atoms with van der Waals surface area (Å²) < 4.78 is 32.3. The third-order valence-electron chi connectivity index (χ3n) is 7.27. The van der Waals surface area contributed by atoms with Crippen LogP contribution >= 0.6 is 0 Å². The zero-order valence-electron chi connectivity index (χ0n) is 27.3. The molecular weight excluding hydrogens is 558 g/mol. The van der Waals surface area contributed by atoms with Gasteiger partial charge in [0.1, 0.15) is 0 Å². The Kier molecular flexibility index (Phi) is 28.7. The van der Waals surface area contributed by atoms with E-state index >= 15 is 0 Å². The lowest BCUT2D eigenvalue weighted by Gasteiger charge is -2.23. The van der Waals surface area contributed by atoms with Crippen molar-refractivity contribution >= 4 is 16.0 Å². The van der Waals surface area contributed by atoms with Gasteiger partial charge in [-0.3, -0.25) is 9.35 Å². The van der Waals surface area contributed by atoms with E-state index in [1.165, 1.54) is 64.2 Å². The summed E-state index contributed by atoms with van der Waals surface area (Å²) >= 11 is 0. The number of unbranched alkanes of at least 4 members (excludes halogenated alkanes) is 12. The molecule has 0 saturated heterocycles. The third kappa shape index (κ3) is 31.3. The van der Waals surface area contributed by atoms with Gasteiger partial charge in [-0.15, -0.1) is 0 Å². The molecule has 7 heteroatoms. The van der Waals surface area contributed by atoms with Crippen molar-refractivity contribution in [2.24, 2.45) is 0 Å². The quantitative estimate of drug-likeness (QED) is 0.0439. The second-order valence-corrected chi connectivity index (χ2v) is 12.9. The van der Waals surface area contributed by atoms with Gasteiger partial charge >= 0.3 is 0 Å². The summed E-state index contributed by atoms with van der Waals surface area (Å²) in [7, 11) is -4.34. The fourth-order valence-electron chi connectivity index (χ4n) is 4.76. The lowest BCUT2D eigenvalue weighted by atomic mass is 10.0. The Labute approximate surface area is 264 Å². The molecule has 0 aliphatic carbocycles. The van der Waals surface area contributed by atoms with E-state index in [-0.39, 0.29) is 12.3 Å². The molecular formula is C36H63NO5S. The molecule has 3 N–H and O–H groups in total. The van der Waals surface area contributed by atoms with Crippen molar-refractivity contribution in [3.05, 3.63) is 60.8 Å². The number of rotatable bonds is 29. The van der Waals surface area contributed by atoms with Gasteiger partial charge in [0, 0.05) is 6.42 Å². The smallest absolute Gasteiger partial charge is 0.266 e. The third-order valence-corrected chi connectivity index (χ3v) is 8.05. The van der Waals surface area contributed by atoms with E-state index in [9.17, 15) is 22.9 Å². The van der Waals surface area contributed by atoms with Gasteiger partial charge in [-0.1, -0.05) is 158 Å². The number of nitrogens with one attached hydrogen (secondary N) is 1. The number of allylic oxidation sites excluding steroid dienone is 9. The van der Waals surface area contributed by atoms with Crippen LogP contribution in [0.2, 0.25) is 0 Å². The Balaban J connectivity index is 4.15. The van der Waals surface area contributed by atoms with Gasteiger partial charge in [0.15, 0.2) is 0 Å². The van der Waals surface area contributed by atoms with E-state index in [0.29, 0.717) is 12.8 Å². The maximum atomic E-state index is 12.4. The molecule has 0 aromatic heterocycles. The van der Waals surface area contributed by atoms with Crippen LogP contribution in [-0.4, -0.2) is 41.9 Å². The maximum Gasteiger partial charge on any atom is 0.266 e. The number of hydrogen-bond donors (Lipinski definition) is 3. The summed E-state index contributed by atoms with van der Waals surface area (Å²) in [5.74, 6) is -1.07. The molecule has 0 radical (unpaired) electrons. The molecule has 0 aliphatic rings. The van der Waals surface area contributed by atoms with Crippen molar-refractivity contribution in [3.8, 4) is 0 Å². The first-order chi connectivity index (χ1) is 20.8. The molecule has 0 heterocycles. The van der Waals surface area contributed by atoms with Crippen LogP contribution in [0.1, 0.15) is 142 Å². The summed E-state index contributed by atoms with van der Waals surface area (Å²) in [6.07, 6.45) is 40.5.